The normalized spacial score (nSPS) is 14.9. The van der Waals surface area contributed by atoms with E-state index in [1.54, 1.807) is 18.5 Å². The van der Waals surface area contributed by atoms with E-state index in [0.717, 1.165) is 60.9 Å². The first kappa shape index (κ1) is 18.3. The minimum Gasteiger partial charge on any atom is -0.366 e. The molecular formula is C21H23FN6. The van der Waals surface area contributed by atoms with Crippen molar-refractivity contribution < 1.29 is 4.39 Å². The van der Waals surface area contributed by atoms with E-state index in [-0.39, 0.29) is 5.82 Å². The zero-order valence-electron chi connectivity index (χ0n) is 15.8. The van der Waals surface area contributed by atoms with Gasteiger partial charge < -0.3 is 10.2 Å². The Morgan fingerprint density at radius 2 is 1.82 bits per heavy atom. The molecule has 0 amide bonds. The first-order valence-corrected chi connectivity index (χ1v) is 9.63. The van der Waals surface area contributed by atoms with Gasteiger partial charge >= 0.3 is 0 Å². The Kier molecular flexibility index (Phi) is 5.41. The lowest BCUT2D eigenvalue weighted by Crippen LogP contribution is -2.39. The van der Waals surface area contributed by atoms with E-state index in [9.17, 15) is 4.39 Å². The van der Waals surface area contributed by atoms with Crippen LogP contribution in [0.25, 0.3) is 11.3 Å². The highest BCUT2D eigenvalue weighted by molar-refractivity contribution is 5.59. The molecular weight excluding hydrogens is 355 g/mol. The van der Waals surface area contributed by atoms with Crippen LogP contribution in [0.4, 0.5) is 16.0 Å². The van der Waals surface area contributed by atoms with Crippen LogP contribution in [0.5, 0.6) is 0 Å². The number of nitrogens with zero attached hydrogens (tertiary/aromatic N) is 5. The Labute approximate surface area is 163 Å². The van der Waals surface area contributed by atoms with Crippen molar-refractivity contribution in [3.63, 3.8) is 0 Å². The fraction of sp³-hybridized carbons (Fsp3) is 0.333. The standard InChI is InChI=1S/C21H23FN6/c1-2-17-13-21(24-14-23-17)28-11-9-18(10-12-28)25-20-8-7-19(26-27-20)15-3-5-16(22)6-4-15/h3-8,13-14,18H,2,9-12H2,1H3,(H,25,27). The SMILES string of the molecule is CCc1cc(N2CCC(Nc3ccc(-c4ccc(F)cc4)nn3)CC2)ncn1. The maximum Gasteiger partial charge on any atom is 0.148 e. The van der Waals surface area contributed by atoms with Crippen molar-refractivity contribution in [2.45, 2.75) is 32.2 Å². The van der Waals surface area contributed by atoms with Crippen molar-refractivity contribution in [1.29, 1.82) is 0 Å². The Bertz CT molecular complexity index is 905. The molecule has 1 saturated heterocycles. The van der Waals surface area contributed by atoms with E-state index in [0.29, 0.717) is 6.04 Å². The van der Waals surface area contributed by atoms with Gasteiger partial charge in [0.05, 0.1) is 5.69 Å². The zero-order valence-corrected chi connectivity index (χ0v) is 15.8. The second-order valence-electron chi connectivity index (χ2n) is 6.94. The highest BCUT2D eigenvalue weighted by atomic mass is 19.1. The zero-order chi connectivity index (χ0) is 19.3. The van der Waals surface area contributed by atoms with Gasteiger partial charge in [-0.15, -0.1) is 10.2 Å². The fourth-order valence-corrected chi connectivity index (χ4v) is 3.40. The molecule has 144 valence electrons. The molecule has 1 N–H and O–H groups in total. The molecule has 1 aliphatic rings. The van der Waals surface area contributed by atoms with Gasteiger partial charge in [0.2, 0.25) is 0 Å². The Balaban J connectivity index is 1.34. The number of rotatable bonds is 5. The number of benzene rings is 1. The van der Waals surface area contributed by atoms with Gasteiger partial charge in [-0.1, -0.05) is 6.92 Å². The molecule has 0 atom stereocenters. The van der Waals surface area contributed by atoms with Crippen molar-refractivity contribution in [2.75, 3.05) is 23.3 Å². The topological polar surface area (TPSA) is 66.8 Å². The van der Waals surface area contributed by atoms with Gasteiger partial charge in [-0.05, 0) is 55.7 Å². The predicted octanol–water partition coefficient (Wildman–Crippen LogP) is 3.72. The Morgan fingerprint density at radius 1 is 1.04 bits per heavy atom. The molecule has 3 heterocycles. The lowest BCUT2D eigenvalue weighted by molar-refractivity contribution is 0.521. The number of piperidine rings is 1. The third-order valence-electron chi connectivity index (χ3n) is 5.05. The number of aryl methyl sites for hydroxylation is 1. The average molecular weight is 378 g/mol. The molecule has 1 aromatic carbocycles. The third kappa shape index (κ3) is 4.24. The second kappa shape index (κ2) is 8.29. The first-order chi connectivity index (χ1) is 13.7. The van der Waals surface area contributed by atoms with Gasteiger partial charge in [0.1, 0.15) is 23.8 Å². The van der Waals surface area contributed by atoms with Crippen molar-refractivity contribution in [3.8, 4) is 11.3 Å². The van der Waals surface area contributed by atoms with Crippen LogP contribution < -0.4 is 10.2 Å². The first-order valence-electron chi connectivity index (χ1n) is 9.63. The van der Waals surface area contributed by atoms with Gasteiger partial charge in [-0.2, -0.15) is 0 Å². The summed E-state index contributed by atoms with van der Waals surface area (Å²) in [6, 6.07) is 12.5. The van der Waals surface area contributed by atoms with Crippen LogP contribution in [0.2, 0.25) is 0 Å². The molecule has 1 fully saturated rings. The van der Waals surface area contributed by atoms with Crippen LogP contribution in [0, 0.1) is 5.82 Å². The monoisotopic (exact) mass is 378 g/mol. The van der Waals surface area contributed by atoms with Crippen LogP contribution in [-0.2, 0) is 6.42 Å². The smallest absolute Gasteiger partial charge is 0.148 e. The van der Waals surface area contributed by atoms with Crippen molar-refractivity contribution in [2.24, 2.45) is 0 Å². The predicted molar refractivity (Wildman–Crippen MR) is 108 cm³/mol. The van der Waals surface area contributed by atoms with Gasteiger partial charge in [0, 0.05) is 36.5 Å². The van der Waals surface area contributed by atoms with Gasteiger partial charge in [-0.3, -0.25) is 0 Å². The minimum absolute atomic E-state index is 0.255. The van der Waals surface area contributed by atoms with Crippen molar-refractivity contribution in [1.82, 2.24) is 20.2 Å². The summed E-state index contributed by atoms with van der Waals surface area (Å²) in [7, 11) is 0. The molecule has 0 aliphatic carbocycles. The Hall–Kier alpha value is -3.09. The van der Waals surface area contributed by atoms with E-state index in [2.05, 4.69) is 43.4 Å². The third-order valence-corrected chi connectivity index (χ3v) is 5.05. The number of aromatic nitrogens is 4. The van der Waals surface area contributed by atoms with Gasteiger partial charge in [-0.25, -0.2) is 14.4 Å². The fourth-order valence-electron chi connectivity index (χ4n) is 3.40. The molecule has 1 aliphatic heterocycles. The van der Waals surface area contributed by atoms with E-state index >= 15 is 0 Å². The highest BCUT2D eigenvalue weighted by Crippen LogP contribution is 2.21. The van der Waals surface area contributed by atoms with Crippen LogP contribution in [-0.4, -0.2) is 39.3 Å². The van der Waals surface area contributed by atoms with E-state index < -0.39 is 0 Å². The van der Waals surface area contributed by atoms with Gasteiger partial charge in [0.25, 0.3) is 0 Å². The number of halogens is 1. The summed E-state index contributed by atoms with van der Waals surface area (Å²) >= 11 is 0. The summed E-state index contributed by atoms with van der Waals surface area (Å²) < 4.78 is 13.0. The number of hydrogen-bond donors (Lipinski definition) is 1. The quantitative estimate of drug-likeness (QED) is 0.730. The average Bonchev–Trinajstić information content (AvgIpc) is 2.75. The molecule has 0 spiro atoms. The molecule has 0 radical (unpaired) electrons. The summed E-state index contributed by atoms with van der Waals surface area (Å²) in [5.41, 5.74) is 2.66. The summed E-state index contributed by atoms with van der Waals surface area (Å²) in [4.78, 5) is 11.0. The Morgan fingerprint density at radius 3 is 2.50 bits per heavy atom. The molecule has 3 aromatic rings. The molecule has 0 bridgehead atoms. The van der Waals surface area contributed by atoms with Crippen LogP contribution in [0.15, 0.2) is 48.8 Å². The number of hydrogen-bond acceptors (Lipinski definition) is 6. The van der Waals surface area contributed by atoms with E-state index in [1.165, 1.54) is 12.1 Å². The second-order valence-corrected chi connectivity index (χ2v) is 6.94. The summed E-state index contributed by atoms with van der Waals surface area (Å²) in [5, 5.41) is 12.0. The van der Waals surface area contributed by atoms with E-state index in [1.807, 2.05) is 12.1 Å². The molecule has 7 heteroatoms. The maximum atomic E-state index is 13.0. The molecule has 4 rings (SSSR count). The number of nitrogens with one attached hydrogen (secondary N) is 1. The molecule has 6 nitrogen and oxygen atoms in total. The largest absolute Gasteiger partial charge is 0.366 e. The summed E-state index contributed by atoms with van der Waals surface area (Å²) in [6.45, 7) is 3.99. The number of anilines is 2. The summed E-state index contributed by atoms with van der Waals surface area (Å²) in [5.74, 6) is 1.52. The lowest BCUT2D eigenvalue weighted by Gasteiger charge is -2.33. The highest BCUT2D eigenvalue weighted by Gasteiger charge is 2.20. The van der Waals surface area contributed by atoms with Crippen LogP contribution >= 0.6 is 0 Å². The van der Waals surface area contributed by atoms with Crippen molar-refractivity contribution >= 4 is 11.6 Å². The molecule has 28 heavy (non-hydrogen) atoms. The van der Waals surface area contributed by atoms with Gasteiger partial charge in [0.15, 0.2) is 0 Å². The molecule has 2 aromatic heterocycles. The summed E-state index contributed by atoms with van der Waals surface area (Å²) in [6.07, 6.45) is 4.58. The maximum absolute atomic E-state index is 13.0. The van der Waals surface area contributed by atoms with Crippen LogP contribution in [0.3, 0.4) is 0 Å². The van der Waals surface area contributed by atoms with Crippen LogP contribution in [0.1, 0.15) is 25.5 Å². The minimum atomic E-state index is -0.255. The molecule has 0 saturated carbocycles. The lowest BCUT2D eigenvalue weighted by atomic mass is 10.0. The van der Waals surface area contributed by atoms with E-state index in [4.69, 9.17) is 0 Å². The molecule has 0 unspecified atom stereocenters. The van der Waals surface area contributed by atoms with Crippen molar-refractivity contribution in [3.05, 3.63) is 60.3 Å².